The zero-order valence-corrected chi connectivity index (χ0v) is 14.8. The van der Waals surface area contributed by atoms with Crippen molar-refractivity contribution < 1.29 is 9.63 Å². The van der Waals surface area contributed by atoms with E-state index in [-0.39, 0.29) is 11.9 Å². The number of nitrogens with one attached hydrogen (secondary N) is 2. The molecule has 2 N–H and O–H groups in total. The molecular weight excluding hydrogens is 300 g/mol. The van der Waals surface area contributed by atoms with E-state index in [0.717, 1.165) is 16.8 Å². The third-order valence-electron chi connectivity index (χ3n) is 3.83. The van der Waals surface area contributed by atoms with Gasteiger partial charge in [0.15, 0.2) is 0 Å². The lowest BCUT2D eigenvalue weighted by Gasteiger charge is -2.22. The zero-order chi connectivity index (χ0) is 17.6. The van der Waals surface area contributed by atoms with Crippen LogP contribution >= 0.6 is 0 Å². The number of hydrogen-bond acceptors (Lipinski definition) is 3. The van der Waals surface area contributed by atoms with Crippen LogP contribution in [0.1, 0.15) is 37.9 Å². The first-order chi connectivity index (χ1) is 11.4. The summed E-state index contributed by atoms with van der Waals surface area (Å²) in [5, 5.41) is 3.04. The molecule has 0 aliphatic rings. The van der Waals surface area contributed by atoms with Crippen molar-refractivity contribution in [2.75, 3.05) is 12.4 Å². The SMILES string of the molecule is CONC(Cc1ccccc1NC(=O)C(C)(C)C)c1ccccc1. The minimum Gasteiger partial charge on any atom is -0.325 e. The highest BCUT2D eigenvalue weighted by Crippen LogP contribution is 2.25. The lowest BCUT2D eigenvalue weighted by molar-refractivity contribution is -0.123. The Labute approximate surface area is 144 Å². The summed E-state index contributed by atoms with van der Waals surface area (Å²) in [5.74, 6) is 0.00547. The molecule has 0 aromatic heterocycles. The Balaban J connectivity index is 2.23. The van der Waals surface area contributed by atoms with Crippen LogP contribution in [-0.4, -0.2) is 13.0 Å². The third-order valence-corrected chi connectivity index (χ3v) is 3.83. The number of para-hydroxylation sites is 1. The summed E-state index contributed by atoms with van der Waals surface area (Å²) in [6.07, 6.45) is 0.707. The number of hydroxylamine groups is 1. The lowest BCUT2D eigenvalue weighted by Crippen LogP contribution is -2.28. The average molecular weight is 326 g/mol. The number of amides is 1. The predicted octanol–water partition coefficient (Wildman–Crippen LogP) is 4.11. The number of benzene rings is 2. The molecule has 0 saturated heterocycles. The highest BCUT2D eigenvalue weighted by atomic mass is 16.6. The van der Waals surface area contributed by atoms with Crippen LogP contribution in [-0.2, 0) is 16.1 Å². The van der Waals surface area contributed by atoms with Crippen molar-refractivity contribution in [2.45, 2.75) is 33.2 Å². The molecule has 4 nitrogen and oxygen atoms in total. The number of hydrogen-bond donors (Lipinski definition) is 2. The second-order valence-corrected chi connectivity index (χ2v) is 6.85. The average Bonchev–Trinajstić information content (AvgIpc) is 2.56. The van der Waals surface area contributed by atoms with Crippen molar-refractivity contribution in [3.8, 4) is 0 Å². The molecule has 2 rings (SSSR count). The monoisotopic (exact) mass is 326 g/mol. The summed E-state index contributed by atoms with van der Waals surface area (Å²) in [5.41, 5.74) is 5.65. The molecule has 0 aliphatic heterocycles. The molecule has 1 atom stereocenters. The van der Waals surface area contributed by atoms with Gasteiger partial charge in [-0.2, -0.15) is 5.48 Å². The van der Waals surface area contributed by atoms with E-state index in [1.54, 1.807) is 7.11 Å². The van der Waals surface area contributed by atoms with Crippen molar-refractivity contribution in [3.63, 3.8) is 0 Å². The molecule has 1 unspecified atom stereocenters. The molecule has 128 valence electrons. The fraction of sp³-hybridized carbons (Fsp3) is 0.350. The summed E-state index contributed by atoms with van der Waals surface area (Å²) < 4.78 is 0. The van der Waals surface area contributed by atoms with Crippen molar-refractivity contribution >= 4 is 11.6 Å². The van der Waals surface area contributed by atoms with Gasteiger partial charge in [0.2, 0.25) is 5.91 Å². The summed E-state index contributed by atoms with van der Waals surface area (Å²) in [7, 11) is 1.61. The maximum absolute atomic E-state index is 12.3. The standard InChI is InChI=1S/C20H26N2O2/c1-20(2,3)19(23)21-17-13-9-8-12-16(17)14-18(22-24-4)15-10-6-5-7-11-15/h5-13,18,22H,14H2,1-4H3,(H,21,23). The van der Waals surface area contributed by atoms with Gasteiger partial charge in [0.25, 0.3) is 0 Å². The topological polar surface area (TPSA) is 50.4 Å². The normalized spacial score (nSPS) is 12.7. The van der Waals surface area contributed by atoms with Gasteiger partial charge in [-0.25, -0.2) is 0 Å². The summed E-state index contributed by atoms with van der Waals surface area (Å²) in [6, 6.07) is 18.0. The Bertz CT molecular complexity index is 663. The van der Waals surface area contributed by atoms with Gasteiger partial charge in [-0.05, 0) is 23.6 Å². The van der Waals surface area contributed by atoms with E-state index in [9.17, 15) is 4.79 Å². The van der Waals surface area contributed by atoms with Gasteiger partial charge in [0.05, 0.1) is 13.2 Å². The van der Waals surface area contributed by atoms with Crippen LogP contribution in [0.3, 0.4) is 0 Å². The Morgan fingerprint density at radius 3 is 2.29 bits per heavy atom. The maximum Gasteiger partial charge on any atom is 0.229 e. The van der Waals surface area contributed by atoms with E-state index < -0.39 is 5.41 Å². The molecule has 2 aromatic carbocycles. The Kier molecular flexibility index (Phi) is 6.12. The molecule has 4 heteroatoms. The second kappa shape index (κ2) is 8.08. The first-order valence-electron chi connectivity index (χ1n) is 8.14. The molecule has 0 radical (unpaired) electrons. The zero-order valence-electron chi connectivity index (χ0n) is 14.8. The highest BCUT2D eigenvalue weighted by Gasteiger charge is 2.22. The third kappa shape index (κ3) is 4.91. The molecule has 2 aromatic rings. The number of anilines is 1. The van der Waals surface area contributed by atoms with E-state index in [1.165, 1.54) is 0 Å². The van der Waals surface area contributed by atoms with Gasteiger partial charge in [-0.15, -0.1) is 0 Å². The molecule has 0 bridgehead atoms. The second-order valence-electron chi connectivity index (χ2n) is 6.85. The van der Waals surface area contributed by atoms with E-state index in [2.05, 4.69) is 22.9 Å². The van der Waals surface area contributed by atoms with Crippen LogP contribution in [0.4, 0.5) is 5.69 Å². The van der Waals surface area contributed by atoms with Crippen LogP contribution in [0.2, 0.25) is 0 Å². The number of carbonyl (C=O) groups is 1. The van der Waals surface area contributed by atoms with Crippen LogP contribution in [0, 0.1) is 5.41 Å². The largest absolute Gasteiger partial charge is 0.325 e. The Morgan fingerprint density at radius 2 is 1.67 bits per heavy atom. The van der Waals surface area contributed by atoms with Crippen molar-refractivity contribution in [1.29, 1.82) is 0 Å². The molecule has 0 spiro atoms. The Morgan fingerprint density at radius 1 is 1.04 bits per heavy atom. The molecule has 0 fully saturated rings. The summed E-state index contributed by atoms with van der Waals surface area (Å²) in [6.45, 7) is 5.72. The van der Waals surface area contributed by atoms with Gasteiger partial charge < -0.3 is 10.2 Å². The van der Waals surface area contributed by atoms with Gasteiger partial charge >= 0.3 is 0 Å². The van der Waals surface area contributed by atoms with Crippen molar-refractivity contribution in [3.05, 3.63) is 65.7 Å². The van der Waals surface area contributed by atoms with E-state index in [0.29, 0.717) is 6.42 Å². The molecule has 0 heterocycles. The number of carbonyl (C=O) groups excluding carboxylic acids is 1. The highest BCUT2D eigenvalue weighted by molar-refractivity contribution is 5.95. The van der Waals surface area contributed by atoms with Gasteiger partial charge in [0.1, 0.15) is 0 Å². The summed E-state index contributed by atoms with van der Waals surface area (Å²) >= 11 is 0. The van der Waals surface area contributed by atoms with E-state index in [1.807, 2.05) is 63.2 Å². The smallest absolute Gasteiger partial charge is 0.229 e. The van der Waals surface area contributed by atoms with Gasteiger partial charge in [0, 0.05) is 11.1 Å². The molecule has 1 amide bonds. The van der Waals surface area contributed by atoms with Crippen LogP contribution in [0.25, 0.3) is 0 Å². The van der Waals surface area contributed by atoms with Crippen LogP contribution < -0.4 is 10.8 Å². The fourth-order valence-corrected chi connectivity index (χ4v) is 2.41. The number of rotatable bonds is 6. The Hall–Kier alpha value is -2.17. The van der Waals surface area contributed by atoms with Crippen LogP contribution in [0.15, 0.2) is 54.6 Å². The minimum atomic E-state index is -0.434. The molecule has 24 heavy (non-hydrogen) atoms. The maximum atomic E-state index is 12.3. The lowest BCUT2D eigenvalue weighted by atomic mass is 9.94. The van der Waals surface area contributed by atoms with Gasteiger partial charge in [-0.3, -0.25) is 4.79 Å². The van der Waals surface area contributed by atoms with Crippen molar-refractivity contribution in [1.82, 2.24) is 5.48 Å². The molecular formula is C20H26N2O2. The first-order valence-corrected chi connectivity index (χ1v) is 8.14. The fourth-order valence-electron chi connectivity index (χ4n) is 2.41. The van der Waals surface area contributed by atoms with Crippen molar-refractivity contribution in [2.24, 2.45) is 5.41 Å². The predicted molar refractivity (Wildman–Crippen MR) is 97.6 cm³/mol. The first kappa shape index (κ1) is 18.2. The van der Waals surface area contributed by atoms with Gasteiger partial charge in [-0.1, -0.05) is 69.3 Å². The van der Waals surface area contributed by atoms with E-state index in [4.69, 9.17) is 4.84 Å². The summed E-state index contributed by atoms with van der Waals surface area (Å²) in [4.78, 5) is 17.5. The molecule has 0 aliphatic carbocycles. The van der Waals surface area contributed by atoms with E-state index >= 15 is 0 Å². The molecule has 0 saturated carbocycles. The minimum absolute atomic E-state index is 0.00360. The van der Waals surface area contributed by atoms with Crippen LogP contribution in [0.5, 0.6) is 0 Å². The quantitative estimate of drug-likeness (QED) is 0.786.